The van der Waals surface area contributed by atoms with Crippen molar-refractivity contribution >= 4 is 22.5 Å². The maximum absolute atomic E-state index is 5.14. The molecule has 3 aromatic heterocycles. The lowest BCUT2D eigenvalue weighted by Crippen LogP contribution is -2.44. The SMILES string of the molecule is CN(c1cc(-c2nc(N3CCNCC3)c3c(C4CC4)cncc3n2)ccn1)C1CC1. The van der Waals surface area contributed by atoms with Gasteiger partial charge in [-0.1, -0.05) is 0 Å². The maximum atomic E-state index is 5.14. The molecule has 6 rings (SSSR count). The third kappa shape index (κ3) is 3.27. The van der Waals surface area contributed by atoms with Crippen LogP contribution >= 0.6 is 0 Å². The Labute approximate surface area is 176 Å². The molecule has 2 saturated carbocycles. The van der Waals surface area contributed by atoms with Gasteiger partial charge in [0, 0.05) is 62.6 Å². The molecule has 0 aromatic carbocycles. The highest BCUT2D eigenvalue weighted by atomic mass is 15.2. The van der Waals surface area contributed by atoms with E-state index in [-0.39, 0.29) is 0 Å². The number of piperazine rings is 1. The Morgan fingerprint density at radius 1 is 1.07 bits per heavy atom. The van der Waals surface area contributed by atoms with Crippen molar-refractivity contribution in [3.8, 4) is 11.4 Å². The quantitative estimate of drug-likeness (QED) is 0.705. The van der Waals surface area contributed by atoms with Gasteiger partial charge in [-0.15, -0.1) is 0 Å². The Kier molecular flexibility index (Phi) is 4.30. The van der Waals surface area contributed by atoms with Crippen LogP contribution < -0.4 is 15.1 Å². The van der Waals surface area contributed by atoms with E-state index in [1.54, 1.807) is 0 Å². The summed E-state index contributed by atoms with van der Waals surface area (Å²) in [6.45, 7) is 3.89. The van der Waals surface area contributed by atoms with E-state index in [9.17, 15) is 0 Å². The highest BCUT2D eigenvalue weighted by Crippen LogP contribution is 2.45. The van der Waals surface area contributed by atoms with E-state index in [1.807, 2.05) is 24.7 Å². The molecule has 0 radical (unpaired) electrons. The molecular formula is C23H27N7. The molecule has 1 saturated heterocycles. The van der Waals surface area contributed by atoms with Crippen molar-refractivity contribution in [2.24, 2.45) is 0 Å². The third-order valence-electron chi connectivity index (χ3n) is 6.51. The molecule has 1 aliphatic heterocycles. The molecule has 0 spiro atoms. The summed E-state index contributed by atoms with van der Waals surface area (Å²) in [5.74, 6) is 3.43. The molecule has 3 aromatic rings. The van der Waals surface area contributed by atoms with Gasteiger partial charge in [0.15, 0.2) is 5.82 Å². The first kappa shape index (κ1) is 18.0. The van der Waals surface area contributed by atoms with Crippen LogP contribution in [0, 0.1) is 0 Å². The molecule has 1 N–H and O–H groups in total. The van der Waals surface area contributed by atoms with E-state index in [2.05, 4.69) is 38.2 Å². The highest BCUT2D eigenvalue weighted by Gasteiger charge is 2.30. The number of nitrogens with one attached hydrogen (secondary N) is 1. The second kappa shape index (κ2) is 7.16. The summed E-state index contributed by atoms with van der Waals surface area (Å²) < 4.78 is 0. The van der Waals surface area contributed by atoms with Crippen LogP contribution in [0.5, 0.6) is 0 Å². The lowest BCUT2D eigenvalue weighted by molar-refractivity contribution is 0.586. The standard InChI is InChI=1S/C23H27N7/c1-29(17-4-5-17)20-12-16(6-7-26-20)22-27-19-14-25-13-18(15-2-3-15)21(19)23(28-22)30-10-8-24-9-11-30/h6-7,12-15,17,24H,2-5,8-11H2,1H3. The number of fused-ring (bicyclic) bond motifs is 1. The number of anilines is 2. The van der Waals surface area contributed by atoms with E-state index < -0.39 is 0 Å². The third-order valence-corrected chi connectivity index (χ3v) is 6.51. The number of pyridine rings is 2. The Hall–Kier alpha value is -2.80. The van der Waals surface area contributed by atoms with Gasteiger partial charge in [0.25, 0.3) is 0 Å². The van der Waals surface area contributed by atoms with Gasteiger partial charge in [-0.3, -0.25) is 4.98 Å². The van der Waals surface area contributed by atoms with Gasteiger partial charge in [0.2, 0.25) is 0 Å². The lowest BCUT2D eigenvalue weighted by Gasteiger charge is -2.30. The fourth-order valence-corrected chi connectivity index (χ4v) is 4.43. The summed E-state index contributed by atoms with van der Waals surface area (Å²) in [5.41, 5.74) is 3.28. The fourth-order valence-electron chi connectivity index (χ4n) is 4.43. The minimum atomic E-state index is 0.608. The minimum absolute atomic E-state index is 0.608. The summed E-state index contributed by atoms with van der Waals surface area (Å²) in [7, 11) is 2.13. The van der Waals surface area contributed by atoms with E-state index in [4.69, 9.17) is 9.97 Å². The summed E-state index contributed by atoms with van der Waals surface area (Å²) in [6.07, 6.45) is 10.8. The minimum Gasteiger partial charge on any atom is -0.357 e. The number of hydrogen-bond acceptors (Lipinski definition) is 7. The smallest absolute Gasteiger partial charge is 0.162 e. The Morgan fingerprint density at radius 2 is 1.90 bits per heavy atom. The van der Waals surface area contributed by atoms with Crippen LogP contribution in [-0.4, -0.2) is 59.2 Å². The van der Waals surface area contributed by atoms with Gasteiger partial charge in [0.1, 0.15) is 11.6 Å². The summed E-state index contributed by atoms with van der Waals surface area (Å²) >= 11 is 0. The van der Waals surface area contributed by atoms with Crippen LogP contribution in [0.3, 0.4) is 0 Å². The first-order valence-electron chi connectivity index (χ1n) is 11.1. The second-order valence-electron chi connectivity index (χ2n) is 8.75. The molecule has 30 heavy (non-hydrogen) atoms. The van der Waals surface area contributed by atoms with Crippen LogP contribution in [0.25, 0.3) is 22.3 Å². The Morgan fingerprint density at radius 3 is 2.67 bits per heavy atom. The molecule has 3 fully saturated rings. The van der Waals surface area contributed by atoms with Crippen molar-refractivity contribution in [2.75, 3.05) is 43.0 Å². The van der Waals surface area contributed by atoms with Crippen LogP contribution in [-0.2, 0) is 0 Å². The Balaban J connectivity index is 1.49. The largest absolute Gasteiger partial charge is 0.357 e. The van der Waals surface area contributed by atoms with Crippen molar-refractivity contribution in [2.45, 2.75) is 37.6 Å². The van der Waals surface area contributed by atoms with Gasteiger partial charge in [-0.2, -0.15) is 0 Å². The van der Waals surface area contributed by atoms with E-state index in [0.29, 0.717) is 12.0 Å². The van der Waals surface area contributed by atoms with E-state index >= 15 is 0 Å². The van der Waals surface area contributed by atoms with E-state index in [1.165, 1.54) is 36.6 Å². The topological polar surface area (TPSA) is 70.1 Å². The van der Waals surface area contributed by atoms with Crippen molar-refractivity contribution in [1.82, 2.24) is 25.3 Å². The molecule has 7 heteroatoms. The molecular weight excluding hydrogens is 374 g/mol. The molecule has 7 nitrogen and oxygen atoms in total. The first-order chi connectivity index (χ1) is 14.8. The molecule has 3 aliphatic rings. The predicted molar refractivity (Wildman–Crippen MR) is 119 cm³/mol. The second-order valence-corrected chi connectivity index (χ2v) is 8.75. The molecule has 0 amide bonds. The zero-order chi connectivity index (χ0) is 20.1. The molecule has 0 bridgehead atoms. The number of hydrogen-bond donors (Lipinski definition) is 1. The van der Waals surface area contributed by atoms with Crippen molar-refractivity contribution < 1.29 is 0 Å². The van der Waals surface area contributed by atoms with Crippen LogP contribution in [0.1, 0.15) is 37.2 Å². The van der Waals surface area contributed by atoms with Crippen LogP contribution in [0.15, 0.2) is 30.7 Å². The summed E-state index contributed by atoms with van der Waals surface area (Å²) in [5, 5.41) is 4.65. The normalized spacial score (nSPS) is 19.3. The molecule has 2 aliphatic carbocycles. The van der Waals surface area contributed by atoms with Crippen molar-refractivity contribution in [3.05, 3.63) is 36.3 Å². The Bertz CT molecular complexity index is 1080. The van der Waals surface area contributed by atoms with Gasteiger partial charge in [-0.25, -0.2) is 15.0 Å². The number of nitrogens with zero attached hydrogens (tertiary/aromatic N) is 6. The fraction of sp³-hybridized carbons (Fsp3) is 0.478. The molecule has 154 valence electrons. The number of aromatic nitrogens is 4. The van der Waals surface area contributed by atoms with E-state index in [0.717, 1.165) is 54.7 Å². The van der Waals surface area contributed by atoms with Gasteiger partial charge in [0.05, 0.1) is 11.7 Å². The van der Waals surface area contributed by atoms with Gasteiger partial charge < -0.3 is 15.1 Å². The van der Waals surface area contributed by atoms with Gasteiger partial charge in [-0.05, 0) is 49.3 Å². The highest BCUT2D eigenvalue weighted by molar-refractivity contribution is 5.94. The van der Waals surface area contributed by atoms with Crippen molar-refractivity contribution in [3.63, 3.8) is 0 Å². The molecule has 0 atom stereocenters. The lowest BCUT2D eigenvalue weighted by atomic mass is 10.1. The molecule has 0 unspecified atom stereocenters. The average molecular weight is 402 g/mol. The predicted octanol–water partition coefficient (Wildman–Crippen LogP) is 2.97. The summed E-state index contributed by atoms with van der Waals surface area (Å²) in [4.78, 5) is 23.9. The monoisotopic (exact) mass is 401 g/mol. The maximum Gasteiger partial charge on any atom is 0.162 e. The summed E-state index contributed by atoms with van der Waals surface area (Å²) in [6, 6.07) is 4.76. The zero-order valence-electron chi connectivity index (χ0n) is 17.4. The van der Waals surface area contributed by atoms with Crippen LogP contribution in [0.2, 0.25) is 0 Å². The number of rotatable bonds is 5. The molecule has 4 heterocycles. The van der Waals surface area contributed by atoms with Gasteiger partial charge >= 0.3 is 0 Å². The average Bonchev–Trinajstić information content (AvgIpc) is 3.71. The van der Waals surface area contributed by atoms with Crippen LogP contribution in [0.4, 0.5) is 11.6 Å². The zero-order valence-corrected chi connectivity index (χ0v) is 17.4. The van der Waals surface area contributed by atoms with Crippen molar-refractivity contribution in [1.29, 1.82) is 0 Å². The first-order valence-corrected chi connectivity index (χ1v) is 11.1.